The molecular weight excluding hydrogens is 392 g/mol. The molecule has 0 saturated carbocycles. The number of methoxy groups -OCH3 is 3. The lowest BCUT2D eigenvalue weighted by atomic mass is 10.1. The molecule has 1 heterocycles. The molecule has 1 aliphatic heterocycles. The highest BCUT2D eigenvalue weighted by Gasteiger charge is 2.25. The summed E-state index contributed by atoms with van der Waals surface area (Å²) in [6.45, 7) is 4.24. The number of hydrogen-bond acceptors (Lipinski definition) is 4. The molecule has 3 rings (SSSR count). The van der Waals surface area contributed by atoms with Gasteiger partial charge >= 0.3 is 0 Å². The van der Waals surface area contributed by atoms with E-state index in [4.69, 9.17) is 25.8 Å². The van der Waals surface area contributed by atoms with E-state index in [2.05, 4.69) is 6.07 Å². The number of carbonyl (C=O) groups is 1. The van der Waals surface area contributed by atoms with Gasteiger partial charge in [0.05, 0.1) is 53.9 Å². The third kappa shape index (κ3) is 5.14. The smallest absolute Gasteiger partial charge is 0.227 e. The van der Waals surface area contributed by atoms with Crippen molar-refractivity contribution in [2.75, 3.05) is 47.5 Å². The number of rotatable bonds is 7. The summed E-state index contributed by atoms with van der Waals surface area (Å²) in [5.74, 6) is 1.73. The van der Waals surface area contributed by atoms with Crippen LogP contribution in [0.2, 0.25) is 5.02 Å². The Balaban J connectivity index is 1.60. The molecule has 7 heteroatoms. The molecule has 2 aromatic carbocycles. The Kier molecular flexibility index (Phi) is 7.23. The molecule has 0 bridgehead atoms. The molecule has 0 atom stereocenters. The van der Waals surface area contributed by atoms with Gasteiger partial charge in [0.1, 0.15) is 6.54 Å². The van der Waals surface area contributed by atoms with Crippen molar-refractivity contribution in [2.45, 2.75) is 13.0 Å². The van der Waals surface area contributed by atoms with Crippen LogP contribution in [0.5, 0.6) is 17.2 Å². The second kappa shape index (κ2) is 9.85. The van der Waals surface area contributed by atoms with E-state index in [1.165, 1.54) is 10.5 Å². The largest absolute Gasteiger partial charge is 0.493 e. The van der Waals surface area contributed by atoms with E-state index in [0.717, 1.165) is 43.3 Å². The minimum Gasteiger partial charge on any atom is -0.493 e. The molecule has 1 amide bonds. The molecule has 1 fully saturated rings. The Morgan fingerprint density at radius 3 is 2.38 bits per heavy atom. The molecule has 0 spiro atoms. The zero-order chi connectivity index (χ0) is 20.8. The minimum absolute atomic E-state index is 0.0947. The number of benzene rings is 2. The van der Waals surface area contributed by atoms with Gasteiger partial charge in [0.2, 0.25) is 11.7 Å². The van der Waals surface area contributed by atoms with Gasteiger partial charge < -0.3 is 24.0 Å². The van der Waals surface area contributed by atoms with Crippen LogP contribution in [-0.4, -0.2) is 58.3 Å². The number of carbonyl (C=O) groups excluding carboxylic acids is 1. The first-order valence-corrected chi connectivity index (χ1v) is 10.1. The van der Waals surface area contributed by atoms with Crippen LogP contribution in [0.25, 0.3) is 0 Å². The number of hydrogen-bond donors (Lipinski definition) is 1. The first-order chi connectivity index (χ1) is 14.0. The Morgan fingerprint density at radius 1 is 1.03 bits per heavy atom. The summed E-state index contributed by atoms with van der Waals surface area (Å²) < 4.78 is 16.2. The number of quaternary nitrogens is 1. The Labute approximate surface area is 176 Å². The normalized spacial score (nSPS) is 14.6. The van der Waals surface area contributed by atoms with Gasteiger partial charge in [-0.1, -0.05) is 29.8 Å². The fourth-order valence-electron chi connectivity index (χ4n) is 3.76. The topological polar surface area (TPSA) is 52.4 Å². The first-order valence-electron chi connectivity index (χ1n) is 9.69. The molecule has 29 heavy (non-hydrogen) atoms. The van der Waals surface area contributed by atoms with E-state index >= 15 is 0 Å². The summed E-state index contributed by atoms with van der Waals surface area (Å²) in [6.07, 6.45) is 0.271. The number of amides is 1. The Morgan fingerprint density at radius 2 is 1.76 bits per heavy atom. The molecule has 2 aromatic rings. The van der Waals surface area contributed by atoms with Crippen LogP contribution in [-0.2, 0) is 17.8 Å². The standard InChI is InChI=1S/C22H27ClN2O4/c1-27-19-8-7-17(21(28-2)22(19)29-3)14-20(26)25-11-9-24(10-12-25)15-16-5-4-6-18(23)13-16/h4-8,13H,9-12,14-15H2,1-3H3/p+1. The van der Waals surface area contributed by atoms with Crippen LogP contribution in [0, 0.1) is 0 Å². The summed E-state index contributed by atoms with van der Waals surface area (Å²) >= 11 is 6.08. The molecule has 0 unspecified atom stereocenters. The van der Waals surface area contributed by atoms with E-state index in [-0.39, 0.29) is 12.3 Å². The summed E-state index contributed by atoms with van der Waals surface area (Å²) in [5, 5.41) is 0.764. The van der Waals surface area contributed by atoms with Gasteiger partial charge in [-0.25, -0.2) is 0 Å². The van der Waals surface area contributed by atoms with Crippen molar-refractivity contribution in [1.82, 2.24) is 4.90 Å². The van der Waals surface area contributed by atoms with E-state index in [1.54, 1.807) is 27.4 Å². The zero-order valence-corrected chi connectivity index (χ0v) is 17.9. The third-order valence-corrected chi connectivity index (χ3v) is 5.53. The average molecular weight is 420 g/mol. The number of ether oxygens (including phenoxy) is 3. The number of nitrogens with one attached hydrogen (secondary N) is 1. The van der Waals surface area contributed by atoms with E-state index in [1.807, 2.05) is 29.2 Å². The maximum absolute atomic E-state index is 12.9. The predicted octanol–water partition coefficient (Wildman–Crippen LogP) is 1.84. The van der Waals surface area contributed by atoms with Crippen molar-refractivity contribution in [3.63, 3.8) is 0 Å². The maximum Gasteiger partial charge on any atom is 0.227 e. The van der Waals surface area contributed by atoms with Crippen LogP contribution in [0.4, 0.5) is 0 Å². The highest BCUT2D eigenvalue weighted by molar-refractivity contribution is 6.30. The van der Waals surface area contributed by atoms with Gasteiger partial charge in [-0.15, -0.1) is 0 Å². The SMILES string of the molecule is COc1ccc(CC(=O)N2CC[NH+](Cc3cccc(Cl)c3)CC2)c(OC)c1OC. The maximum atomic E-state index is 12.9. The lowest BCUT2D eigenvalue weighted by Gasteiger charge is -2.32. The Bertz CT molecular complexity index is 851. The molecule has 0 aromatic heterocycles. The van der Waals surface area contributed by atoms with Crippen LogP contribution < -0.4 is 19.1 Å². The van der Waals surface area contributed by atoms with E-state index in [0.29, 0.717) is 17.2 Å². The lowest BCUT2D eigenvalue weighted by molar-refractivity contribution is -0.917. The van der Waals surface area contributed by atoms with Crippen molar-refractivity contribution < 1.29 is 23.9 Å². The molecule has 0 radical (unpaired) electrons. The summed E-state index contributed by atoms with van der Waals surface area (Å²) in [5.41, 5.74) is 2.02. The van der Waals surface area contributed by atoms with Crippen molar-refractivity contribution in [1.29, 1.82) is 0 Å². The number of halogens is 1. The number of piperazine rings is 1. The first kappa shape index (κ1) is 21.3. The minimum atomic E-state index is 0.0947. The van der Waals surface area contributed by atoms with E-state index < -0.39 is 0 Å². The predicted molar refractivity (Wildman–Crippen MR) is 112 cm³/mol. The fourth-order valence-corrected chi connectivity index (χ4v) is 3.97. The molecule has 6 nitrogen and oxygen atoms in total. The van der Waals surface area contributed by atoms with Gasteiger partial charge in [0.25, 0.3) is 0 Å². The summed E-state index contributed by atoms with van der Waals surface area (Å²) in [6, 6.07) is 11.6. The summed E-state index contributed by atoms with van der Waals surface area (Å²) in [4.78, 5) is 16.3. The molecule has 0 aliphatic carbocycles. The van der Waals surface area contributed by atoms with Crippen molar-refractivity contribution in [3.05, 3.63) is 52.5 Å². The van der Waals surface area contributed by atoms with Crippen LogP contribution in [0.1, 0.15) is 11.1 Å². The van der Waals surface area contributed by atoms with Gasteiger partial charge in [0, 0.05) is 16.1 Å². The van der Waals surface area contributed by atoms with Crippen LogP contribution in [0.3, 0.4) is 0 Å². The second-order valence-corrected chi connectivity index (χ2v) is 7.54. The molecule has 1 aliphatic rings. The van der Waals surface area contributed by atoms with Crippen molar-refractivity contribution in [2.24, 2.45) is 0 Å². The molecule has 156 valence electrons. The van der Waals surface area contributed by atoms with E-state index in [9.17, 15) is 4.79 Å². The number of nitrogens with zero attached hydrogens (tertiary/aromatic N) is 1. The second-order valence-electron chi connectivity index (χ2n) is 7.11. The van der Waals surface area contributed by atoms with Crippen molar-refractivity contribution >= 4 is 17.5 Å². The average Bonchev–Trinajstić information content (AvgIpc) is 2.73. The van der Waals surface area contributed by atoms with Crippen molar-refractivity contribution in [3.8, 4) is 17.2 Å². The quantitative estimate of drug-likeness (QED) is 0.744. The van der Waals surface area contributed by atoms with Gasteiger partial charge in [-0.3, -0.25) is 4.79 Å². The van der Waals surface area contributed by atoms with Crippen LogP contribution >= 0.6 is 11.6 Å². The monoisotopic (exact) mass is 419 g/mol. The fraction of sp³-hybridized carbons (Fsp3) is 0.409. The highest BCUT2D eigenvalue weighted by Crippen LogP contribution is 2.40. The molecule has 1 saturated heterocycles. The van der Waals surface area contributed by atoms with Gasteiger partial charge in [-0.05, 0) is 18.2 Å². The van der Waals surface area contributed by atoms with Gasteiger partial charge in [0.15, 0.2) is 11.5 Å². The summed E-state index contributed by atoms with van der Waals surface area (Å²) in [7, 11) is 4.71. The zero-order valence-electron chi connectivity index (χ0n) is 17.2. The molecular formula is C22H28ClN2O4+. The lowest BCUT2D eigenvalue weighted by Crippen LogP contribution is -3.13. The van der Waals surface area contributed by atoms with Crippen LogP contribution in [0.15, 0.2) is 36.4 Å². The van der Waals surface area contributed by atoms with Gasteiger partial charge in [-0.2, -0.15) is 0 Å². The Hall–Kier alpha value is -2.44. The molecule has 1 N–H and O–H groups in total. The highest BCUT2D eigenvalue weighted by atomic mass is 35.5. The third-order valence-electron chi connectivity index (χ3n) is 5.29.